The Hall–Kier alpha value is -1.91. The average molecular weight is 189 g/mol. The van der Waals surface area contributed by atoms with Crippen LogP contribution in [-0.2, 0) is 13.6 Å². The molecule has 0 aliphatic heterocycles. The van der Waals surface area contributed by atoms with Crippen molar-refractivity contribution in [1.29, 1.82) is 0 Å². The van der Waals surface area contributed by atoms with Crippen molar-refractivity contribution in [2.45, 2.75) is 6.54 Å². The van der Waals surface area contributed by atoms with Gasteiger partial charge in [0.05, 0.1) is 12.2 Å². The minimum absolute atomic E-state index is 0.666. The Morgan fingerprint density at radius 3 is 3.00 bits per heavy atom. The van der Waals surface area contributed by atoms with Gasteiger partial charge in [-0.25, -0.2) is 0 Å². The first-order valence-corrected chi connectivity index (χ1v) is 4.35. The van der Waals surface area contributed by atoms with Crippen LogP contribution in [0.25, 0.3) is 0 Å². The molecular formula is C9H11N5. The zero-order valence-electron chi connectivity index (χ0n) is 7.88. The van der Waals surface area contributed by atoms with Crippen molar-refractivity contribution in [3.05, 3.63) is 36.3 Å². The lowest BCUT2D eigenvalue weighted by atomic mass is 10.4. The van der Waals surface area contributed by atoms with Gasteiger partial charge in [0.1, 0.15) is 5.82 Å². The van der Waals surface area contributed by atoms with Crippen molar-refractivity contribution in [2.75, 3.05) is 5.32 Å². The van der Waals surface area contributed by atoms with Gasteiger partial charge in [0.15, 0.2) is 0 Å². The molecule has 72 valence electrons. The van der Waals surface area contributed by atoms with E-state index in [-0.39, 0.29) is 0 Å². The monoisotopic (exact) mass is 189 g/mol. The van der Waals surface area contributed by atoms with Gasteiger partial charge >= 0.3 is 0 Å². The maximum atomic E-state index is 4.23. The topological polar surface area (TPSA) is 55.6 Å². The predicted molar refractivity (Wildman–Crippen MR) is 52.6 cm³/mol. The number of aryl methyl sites for hydroxylation is 1. The zero-order valence-corrected chi connectivity index (χ0v) is 7.88. The molecule has 0 saturated heterocycles. The lowest BCUT2D eigenvalue weighted by Crippen LogP contribution is -2.03. The summed E-state index contributed by atoms with van der Waals surface area (Å²) >= 11 is 0. The van der Waals surface area contributed by atoms with Crippen molar-refractivity contribution < 1.29 is 0 Å². The Balaban J connectivity index is 1.95. The lowest BCUT2D eigenvalue weighted by Gasteiger charge is -2.00. The van der Waals surface area contributed by atoms with Crippen LogP contribution in [0.15, 0.2) is 30.6 Å². The number of aromatic nitrogens is 4. The summed E-state index contributed by atoms with van der Waals surface area (Å²) in [5.41, 5.74) is 0.984. The number of nitrogens with zero attached hydrogens (tertiary/aromatic N) is 4. The molecule has 0 fully saturated rings. The molecular weight excluding hydrogens is 178 g/mol. The molecule has 0 aliphatic rings. The minimum atomic E-state index is 0.666. The molecule has 0 radical (unpaired) electrons. The summed E-state index contributed by atoms with van der Waals surface area (Å²) < 4.78 is 1.77. The molecule has 2 heterocycles. The van der Waals surface area contributed by atoms with Crippen LogP contribution in [0.3, 0.4) is 0 Å². The van der Waals surface area contributed by atoms with Crippen LogP contribution in [0.2, 0.25) is 0 Å². The van der Waals surface area contributed by atoms with E-state index in [1.165, 1.54) is 0 Å². The molecule has 0 atom stereocenters. The van der Waals surface area contributed by atoms with Gasteiger partial charge in [-0.2, -0.15) is 10.2 Å². The number of nitrogens with one attached hydrogen (secondary N) is 1. The first kappa shape index (κ1) is 8.68. The third-order valence-corrected chi connectivity index (χ3v) is 1.79. The summed E-state index contributed by atoms with van der Waals surface area (Å²) in [6, 6.07) is 5.67. The standard InChI is InChI=1S/C9H11N5/c1-14-6-4-8(13-14)7-10-9-3-2-5-11-12-9/h2-6H,7H2,1H3,(H,10,12). The van der Waals surface area contributed by atoms with E-state index >= 15 is 0 Å². The first-order valence-electron chi connectivity index (χ1n) is 4.35. The fourth-order valence-corrected chi connectivity index (χ4v) is 1.13. The smallest absolute Gasteiger partial charge is 0.148 e. The molecule has 14 heavy (non-hydrogen) atoms. The van der Waals surface area contributed by atoms with E-state index in [4.69, 9.17) is 0 Å². The minimum Gasteiger partial charge on any atom is -0.363 e. The van der Waals surface area contributed by atoms with Crippen LogP contribution in [0.1, 0.15) is 5.69 Å². The summed E-state index contributed by atoms with van der Waals surface area (Å²) in [6.07, 6.45) is 3.56. The highest BCUT2D eigenvalue weighted by molar-refractivity contribution is 5.31. The van der Waals surface area contributed by atoms with Crippen molar-refractivity contribution in [3.8, 4) is 0 Å². The van der Waals surface area contributed by atoms with Gasteiger partial charge in [-0.1, -0.05) is 0 Å². The Kier molecular flexibility index (Phi) is 2.40. The van der Waals surface area contributed by atoms with Gasteiger partial charge in [-0.3, -0.25) is 4.68 Å². The molecule has 0 aromatic carbocycles. The normalized spacial score (nSPS) is 10.1. The Bertz CT molecular complexity index is 395. The molecule has 2 rings (SSSR count). The van der Waals surface area contributed by atoms with Crippen LogP contribution in [0.5, 0.6) is 0 Å². The quantitative estimate of drug-likeness (QED) is 0.776. The number of hydrogen-bond acceptors (Lipinski definition) is 4. The van der Waals surface area contributed by atoms with Crippen molar-refractivity contribution >= 4 is 5.82 Å². The fourth-order valence-electron chi connectivity index (χ4n) is 1.13. The Labute approximate surface area is 81.8 Å². The summed E-state index contributed by atoms with van der Waals surface area (Å²) in [5, 5.41) is 15.0. The van der Waals surface area contributed by atoms with Crippen LogP contribution < -0.4 is 5.32 Å². The Morgan fingerprint density at radius 2 is 2.36 bits per heavy atom. The summed E-state index contributed by atoms with van der Waals surface area (Å²) in [6.45, 7) is 0.666. The van der Waals surface area contributed by atoms with Crippen molar-refractivity contribution in [3.63, 3.8) is 0 Å². The summed E-state index contributed by atoms with van der Waals surface area (Å²) in [5.74, 6) is 0.762. The van der Waals surface area contributed by atoms with E-state index in [2.05, 4.69) is 20.6 Å². The van der Waals surface area contributed by atoms with Gasteiger partial charge < -0.3 is 5.32 Å². The predicted octanol–water partition coefficient (Wildman–Crippen LogP) is 0.822. The summed E-state index contributed by atoms with van der Waals surface area (Å²) in [7, 11) is 1.89. The molecule has 2 aromatic heterocycles. The van der Waals surface area contributed by atoms with E-state index < -0.39 is 0 Å². The molecule has 5 nitrogen and oxygen atoms in total. The summed E-state index contributed by atoms with van der Waals surface area (Å²) in [4.78, 5) is 0. The molecule has 2 aromatic rings. The highest BCUT2D eigenvalue weighted by Crippen LogP contribution is 2.01. The number of hydrogen-bond donors (Lipinski definition) is 1. The molecule has 0 amide bonds. The lowest BCUT2D eigenvalue weighted by molar-refractivity contribution is 0.746. The van der Waals surface area contributed by atoms with E-state index in [1.54, 1.807) is 10.9 Å². The van der Waals surface area contributed by atoms with Gasteiger partial charge in [0.25, 0.3) is 0 Å². The highest BCUT2D eigenvalue weighted by Gasteiger charge is 1.96. The average Bonchev–Trinajstić information content (AvgIpc) is 2.63. The number of anilines is 1. The maximum Gasteiger partial charge on any atom is 0.148 e. The van der Waals surface area contributed by atoms with E-state index in [9.17, 15) is 0 Å². The molecule has 0 spiro atoms. The van der Waals surface area contributed by atoms with Gasteiger partial charge in [0.2, 0.25) is 0 Å². The Morgan fingerprint density at radius 1 is 1.43 bits per heavy atom. The van der Waals surface area contributed by atoms with Gasteiger partial charge in [0, 0.05) is 19.4 Å². The zero-order chi connectivity index (χ0) is 9.80. The molecule has 0 aliphatic carbocycles. The van der Waals surface area contributed by atoms with E-state index in [0.717, 1.165) is 11.5 Å². The van der Waals surface area contributed by atoms with E-state index in [1.807, 2.05) is 31.4 Å². The second-order valence-corrected chi connectivity index (χ2v) is 2.94. The van der Waals surface area contributed by atoms with Gasteiger partial charge in [-0.15, -0.1) is 5.10 Å². The van der Waals surface area contributed by atoms with Crippen molar-refractivity contribution in [2.24, 2.45) is 7.05 Å². The second kappa shape index (κ2) is 3.87. The third kappa shape index (κ3) is 2.07. The third-order valence-electron chi connectivity index (χ3n) is 1.79. The molecule has 1 N–H and O–H groups in total. The molecule has 0 unspecified atom stereocenters. The number of rotatable bonds is 3. The van der Waals surface area contributed by atoms with Gasteiger partial charge in [-0.05, 0) is 18.2 Å². The maximum absolute atomic E-state index is 4.23. The van der Waals surface area contributed by atoms with Crippen LogP contribution >= 0.6 is 0 Å². The SMILES string of the molecule is Cn1ccc(CNc2cccnn2)n1. The van der Waals surface area contributed by atoms with E-state index in [0.29, 0.717) is 6.54 Å². The molecule has 5 heteroatoms. The first-order chi connectivity index (χ1) is 6.84. The van der Waals surface area contributed by atoms with Crippen molar-refractivity contribution in [1.82, 2.24) is 20.0 Å². The second-order valence-electron chi connectivity index (χ2n) is 2.94. The highest BCUT2D eigenvalue weighted by atomic mass is 15.3. The molecule has 0 bridgehead atoms. The largest absolute Gasteiger partial charge is 0.363 e. The van der Waals surface area contributed by atoms with Crippen LogP contribution in [0, 0.1) is 0 Å². The van der Waals surface area contributed by atoms with Crippen LogP contribution in [-0.4, -0.2) is 20.0 Å². The van der Waals surface area contributed by atoms with Crippen LogP contribution in [0.4, 0.5) is 5.82 Å². The molecule has 0 saturated carbocycles. The fraction of sp³-hybridized carbons (Fsp3) is 0.222.